The summed E-state index contributed by atoms with van der Waals surface area (Å²) >= 11 is 1.77. The zero-order valence-corrected chi connectivity index (χ0v) is 18.7. The van der Waals surface area contributed by atoms with Crippen molar-refractivity contribution < 1.29 is 9.13 Å². The Kier molecular flexibility index (Phi) is 7.02. The summed E-state index contributed by atoms with van der Waals surface area (Å²) < 4.78 is 20.2. The first-order chi connectivity index (χ1) is 15.1. The van der Waals surface area contributed by atoms with Crippen LogP contribution in [0.15, 0.2) is 48.8 Å². The molecule has 3 aromatic rings. The van der Waals surface area contributed by atoms with Crippen LogP contribution in [-0.4, -0.2) is 27.3 Å². The van der Waals surface area contributed by atoms with Crippen LogP contribution < -0.4 is 10.1 Å². The highest BCUT2D eigenvalue weighted by Crippen LogP contribution is 2.34. The maximum atomic E-state index is 14.0. The molecule has 0 saturated heterocycles. The number of halogens is 1. The van der Waals surface area contributed by atoms with Crippen LogP contribution >= 0.6 is 11.8 Å². The van der Waals surface area contributed by atoms with Crippen molar-refractivity contribution in [3.8, 4) is 17.1 Å². The van der Waals surface area contributed by atoms with E-state index in [0.29, 0.717) is 29.0 Å². The predicted octanol–water partition coefficient (Wildman–Crippen LogP) is 6.24. The fourth-order valence-electron chi connectivity index (χ4n) is 4.02. The van der Waals surface area contributed by atoms with E-state index in [4.69, 9.17) is 4.74 Å². The molecular formula is C24H27FN4OS. The van der Waals surface area contributed by atoms with Crippen molar-refractivity contribution >= 4 is 23.4 Å². The fourth-order valence-corrected chi connectivity index (χ4v) is 4.54. The molecule has 5 nitrogen and oxygen atoms in total. The molecule has 1 aliphatic carbocycles. The molecule has 1 aliphatic rings. The summed E-state index contributed by atoms with van der Waals surface area (Å²) in [5.41, 5.74) is 2.80. The Balaban J connectivity index is 1.58. The molecule has 1 atom stereocenters. The maximum absolute atomic E-state index is 14.0. The minimum atomic E-state index is -0.338. The van der Waals surface area contributed by atoms with Crippen LogP contribution in [0.2, 0.25) is 0 Å². The summed E-state index contributed by atoms with van der Waals surface area (Å²) in [5.74, 6) is 2.46. The lowest BCUT2D eigenvalue weighted by Gasteiger charge is -2.22. The van der Waals surface area contributed by atoms with Crippen molar-refractivity contribution in [2.24, 2.45) is 5.92 Å². The number of nitrogens with one attached hydrogen (secondary N) is 1. The first-order valence-corrected chi connectivity index (χ1v) is 12.0. The average Bonchev–Trinajstić information content (AvgIpc) is 3.30. The van der Waals surface area contributed by atoms with Crippen molar-refractivity contribution in [3.63, 3.8) is 0 Å². The SMILES string of the molecule is CSCc1cccc(Nc2ncnc(-c3ccc(F)cc3OC(C)C3CCCC3)n2)c1. The van der Waals surface area contributed by atoms with Gasteiger partial charge in [-0.05, 0) is 61.8 Å². The summed E-state index contributed by atoms with van der Waals surface area (Å²) in [4.78, 5) is 13.1. The largest absolute Gasteiger partial charge is 0.490 e. The molecule has 1 aromatic heterocycles. The third-order valence-electron chi connectivity index (χ3n) is 5.63. The molecule has 4 rings (SSSR count). The topological polar surface area (TPSA) is 59.9 Å². The van der Waals surface area contributed by atoms with Gasteiger partial charge in [0.15, 0.2) is 5.82 Å². The van der Waals surface area contributed by atoms with Crippen LogP contribution in [0.5, 0.6) is 5.75 Å². The van der Waals surface area contributed by atoms with Crippen LogP contribution in [0, 0.1) is 11.7 Å². The molecule has 0 spiro atoms. The number of benzene rings is 2. The van der Waals surface area contributed by atoms with Crippen molar-refractivity contribution in [1.82, 2.24) is 15.0 Å². The molecule has 7 heteroatoms. The summed E-state index contributed by atoms with van der Waals surface area (Å²) in [6.45, 7) is 2.06. The van der Waals surface area contributed by atoms with Gasteiger partial charge in [-0.25, -0.2) is 14.4 Å². The zero-order valence-electron chi connectivity index (χ0n) is 17.8. The molecule has 1 fully saturated rings. The molecule has 2 aromatic carbocycles. The number of anilines is 2. The third-order valence-corrected chi connectivity index (χ3v) is 6.25. The average molecular weight is 439 g/mol. The highest BCUT2D eigenvalue weighted by molar-refractivity contribution is 7.97. The molecule has 31 heavy (non-hydrogen) atoms. The van der Waals surface area contributed by atoms with Crippen molar-refractivity contribution in [2.75, 3.05) is 11.6 Å². The van der Waals surface area contributed by atoms with Crippen LogP contribution in [0.1, 0.15) is 38.2 Å². The zero-order chi connectivity index (χ0) is 21.6. The Labute approximate surface area is 186 Å². The molecular weight excluding hydrogens is 411 g/mol. The summed E-state index contributed by atoms with van der Waals surface area (Å²) in [5, 5.41) is 3.24. The molecule has 0 radical (unpaired) electrons. The van der Waals surface area contributed by atoms with Crippen LogP contribution in [-0.2, 0) is 5.75 Å². The Morgan fingerprint density at radius 1 is 1.16 bits per heavy atom. The highest BCUT2D eigenvalue weighted by Gasteiger charge is 2.24. The van der Waals surface area contributed by atoms with Gasteiger partial charge in [-0.15, -0.1) is 0 Å². The number of ether oxygens (including phenoxy) is 1. The normalized spacial score (nSPS) is 15.1. The van der Waals surface area contributed by atoms with Gasteiger partial charge in [-0.2, -0.15) is 16.7 Å². The highest BCUT2D eigenvalue weighted by atomic mass is 32.2. The Morgan fingerprint density at radius 2 is 2.00 bits per heavy atom. The van der Waals surface area contributed by atoms with Crippen molar-refractivity contribution in [2.45, 2.75) is 44.5 Å². The summed E-state index contributed by atoms with van der Waals surface area (Å²) in [6, 6.07) is 12.7. The lowest BCUT2D eigenvalue weighted by atomic mass is 10.0. The molecule has 1 N–H and O–H groups in total. The predicted molar refractivity (Wildman–Crippen MR) is 124 cm³/mol. The molecule has 162 valence electrons. The monoisotopic (exact) mass is 438 g/mol. The lowest BCUT2D eigenvalue weighted by molar-refractivity contribution is 0.154. The third kappa shape index (κ3) is 5.53. The van der Waals surface area contributed by atoms with Gasteiger partial charge in [0.05, 0.1) is 11.7 Å². The Hall–Kier alpha value is -2.67. The van der Waals surface area contributed by atoms with Gasteiger partial charge < -0.3 is 10.1 Å². The minimum absolute atomic E-state index is 0.0154. The van der Waals surface area contributed by atoms with E-state index in [0.717, 1.165) is 24.3 Å². The molecule has 0 bridgehead atoms. The van der Waals surface area contributed by atoms with Gasteiger partial charge >= 0.3 is 0 Å². The van der Waals surface area contributed by atoms with E-state index in [1.807, 2.05) is 12.1 Å². The standard InChI is InChI=1S/C24H27FN4OS/c1-16(18-7-3-4-8-18)30-22-13-19(25)10-11-21(22)23-26-15-27-24(29-23)28-20-9-5-6-17(12-20)14-31-2/h5-6,9-13,15-16,18H,3-4,7-8,14H2,1-2H3,(H,26,27,28,29). The first-order valence-electron chi connectivity index (χ1n) is 10.6. The summed E-state index contributed by atoms with van der Waals surface area (Å²) in [6.07, 6.45) is 8.33. The summed E-state index contributed by atoms with van der Waals surface area (Å²) in [7, 11) is 0. The van der Waals surface area contributed by atoms with Gasteiger partial charge in [-0.3, -0.25) is 0 Å². The molecule has 0 amide bonds. The van der Waals surface area contributed by atoms with Crippen molar-refractivity contribution in [3.05, 3.63) is 60.2 Å². The van der Waals surface area contributed by atoms with Crippen LogP contribution in [0.3, 0.4) is 0 Å². The van der Waals surface area contributed by atoms with Crippen LogP contribution in [0.25, 0.3) is 11.4 Å². The van der Waals surface area contributed by atoms with E-state index in [1.165, 1.54) is 36.9 Å². The van der Waals surface area contributed by atoms with Crippen molar-refractivity contribution in [1.29, 1.82) is 0 Å². The van der Waals surface area contributed by atoms with E-state index in [9.17, 15) is 4.39 Å². The number of hydrogen-bond donors (Lipinski definition) is 1. The fraction of sp³-hybridized carbons (Fsp3) is 0.375. The molecule has 1 heterocycles. The maximum Gasteiger partial charge on any atom is 0.230 e. The molecule has 0 aliphatic heterocycles. The molecule has 1 unspecified atom stereocenters. The van der Waals surface area contributed by atoms with E-state index < -0.39 is 0 Å². The number of thioether (sulfide) groups is 1. The van der Waals surface area contributed by atoms with Gasteiger partial charge in [0.25, 0.3) is 0 Å². The minimum Gasteiger partial charge on any atom is -0.490 e. The number of rotatable bonds is 8. The smallest absolute Gasteiger partial charge is 0.230 e. The number of hydrogen-bond acceptors (Lipinski definition) is 6. The van der Waals surface area contributed by atoms with Gasteiger partial charge in [-0.1, -0.05) is 25.0 Å². The second-order valence-corrected chi connectivity index (χ2v) is 8.77. The second-order valence-electron chi connectivity index (χ2n) is 7.90. The Morgan fingerprint density at radius 3 is 2.81 bits per heavy atom. The van der Waals surface area contributed by atoms with E-state index in [-0.39, 0.29) is 11.9 Å². The number of nitrogens with zero attached hydrogens (tertiary/aromatic N) is 3. The number of aromatic nitrogens is 3. The molecule has 1 saturated carbocycles. The van der Waals surface area contributed by atoms with E-state index >= 15 is 0 Å². The van der Waals surface area contributed by atoms with Crippen LogP contribution in [0.4, 0.5) is 16.0 Å². The quantitative estimate of drug-likeness (QED) is 0.449. The second kappa shape index (κ2) is 10.1. The van der Waals surface area contributed by atoms with Gasteiger partial charge in [0.1, 0.15) is 17.9 Å². The van der Waals surface area contributed by atoms with Gasteiger partial charge in [0, 0.05) is 17.5 Å². The van der Waals surface area contributed by atoms with E-state index in [2.05, 4.69) is 45.6 Å². The van der Waals surface area contributed by atoms with Gasteiger partial charge in [0.2, 0.25) is 5.95 Å². The Bertz CT molecular complexity index is 1030. The lowest BCUT2D eigenvalue weighted by Crippen LogP contribution is -2.21. The van der Waals surface area contributed by atoms with E-state index in [1.54, 1.807) is 17.8 Å². The first kappa shape index (κ1) is 21.6.